The summed E-state index contributed by atoms with van der Waals surface area (Å²) < 4.78 is 14.2. The molecule has 2 nitrogen and oxygen atoms in total. The van der Waals surface area contributed by atoms with E-state index >= 15 is 0 Å². The molecule has 0 fully saturated rings. The fraction of sp³-hybridized carbons (Fsp3) is 0. The predicted molar refractivity (Wildman–Crippen MR) is 75.9 cm³/mol. The minimum Gasteiger partial charge on any atom is -0.397 e. The van der Waals surface area contributed by atoms with Gasteiger partial charge in [-0.25, -0.2) is 4.39 Å². The molecule has 0 aliphatic heterocycles. The van der Waals surface area contributed by atoms with Gasteiger partial charge in [0.25, 0.3) is 0 Å². The second-order valence-corrected chi connectivity index (χ2v) is 4.98. The van der Waals surface area contributed by atoms with Crippen molar-refractivity contribution in [3.8, 4) is 0 Å². The quantitative estimate of drug-likeness (QED) is 0.670. The predicted octanol–water partition coefficient (Wildman–Crippen LogP) is 4.37. The number of rotatable bonds is 2. The Hall–Kier alpha value is -2.07. The van der Waals surface area contributed by atoms with Crippen LogP contribution >= 0.6 is 11.3 Å². The molecule has 0 saturated heterocycles. The minimum atomic E-state index is -0.327. The highest BCUT2D eigenvalue weighted by Crippen LogP contribution is 2.28. The van der Waals surface area contributed by atoms with Gasteiger partial charge < -0.3 is 11.1 Å². The summed E-state index contributed by atoms with van der Waals surface area (Å²) >= 11 is 1.71. The number of fused-ring (bicyclic) bond motifs is 1. The molecule has 0 unspecified atom stereocenters. The Kier molecular flexibility index (Phi) is 2.64. The average molecular weight is 258 g/mol. The van der Waals surface area contributed by atoms with Crippen molar-refractivity contribution >= 4 is 38.5 Å². The third-order valence-corrected chi connectivity index (χ3v) is 3.64. The zero-order valence-corrected chi connectivity index (χ0v) is 10.3. The molecule has 0 radical (unpaired) electrons. The number of thiophene rings is 1. The van der Waals surface area contributed by atoms with Gasteiger partial charge in [0.2, 0.25) is 0 Å². The maximum Gasteiger partial charge on any atom is 0.125 e. The monoisotopic (exact) mass is 258 g/mol. The van der Waals surface area contributed by atoms with Crippen LogP contribution in [-0.4, -0.2) is 0 Å². The lowest BCUT2D eigenvalue weighted by Gasteiger charge is -2.09. The van der Waals surface area contributed by atoms with Crippen LogP contribution in [0.2, 0.25) is 0 Å². The van der Waals surface area contributed by atoms with Gasteiger partial charge in [0, 0.05) is 10.4 Å². The van der Waals surface area contributed by atoms with Gasteiger partial charge in [-0.3, -0.25) is 0 Å². The Balaban J connectivity index is 1.95. The number of anilines is 3. The number of nitrogens with one attached hydrogen (secondary N) is 1. The number of nitrogens with two attached hydrogens (primary N) is 1. The van der Waals surface area contributed by atoms with Gasteiger partial charge in [0.1, 0.15) is 5.82 Å². The zero-order valence-electron chi connectivity index (χ0n) is 9.48. The van der Waals surface area contributed by atoms with Crippen molar-refractivity contribution in [1.82, 2.24) is 0 Å². The highest BCUT2D eigenvalue weighted by molar-refractivity contribution is 7.17. The lowest BCUT2D eigenvalue weighted by atomic mass is 10.2. The lowest BCUT2D eigenvalue weighted by molar-refractivity contribution is 0.628. The van der Waals surface area contributed by atoms with E-state index in [4.69, 9.17) is 5.73 Å². The van der Waals surface area contributed by atoms with Gasteiger partial charge in [-0.1, -0.05) is 0 Å². The van der Waals surface area contributed by atoms with E-state index in [0.29, 0.717) is 11.4 Å². The molecule has 4 heteroatoms. The maximum absolute atomic E-state index is 12.9. The van der Waals surface area contributed by atoms with E-state index in [1.54, 1.807) is 17.4 Å². The molecule has 0 aliphatic carbocycles. The summed E-state index contributed by atoms with van der Waals surface area (Å²) in [6.45, 7) is 0. The van der Waals surface area contributed by atoms with Crippen LogP contribution < -0.4 is 11.1 Å². The second kappa shape index (κ2) is 4.31. The fourth-order valence-electron chi connectivity index (χ4n) is 1.85. The highest BCUT2D eigenvalue weighted by atomic mass is 32.1. The van der Waals surface area contributed by atoms with Crippen LogP contribution in [0.25, 0.3) is 10.1 Å². The standard InChI is InChI=1S/C14H11FN2S/c15-10-1-3-13(12(16)8-10)17-11-2-4-14-9(7-11)5-6-18-14/h1-8,17H,16H2. The molecule has 0 spiro atoms. The molecule has 90 valence electrons. The normalized spacial score (nSPS) is 10.7. The Morgan fingerprint density at radius 2 is 1.94 bits per heavy atom. The number of halogens is 1. The van der Waals surface area contributed by atoms with Crippen molar-refractivity contribution < 1.29 is 4.39 Å². The maximum atomic E-state index is 12.9. The van der Waals surface area contributed by atoms with Crippen molar-refractivity contribution in [2.45, 2.75) is 0 Å². The summed E-state index contributed by atoms with van der Waals surface area (Å²) in [5, 5.41) is 6.44. The molecular formula is C14H11FN2S. The molecule has 1 aromatic heterocycles. The molecule has 0 saturated carbocycles. The number of nitrogen functional groups attached to an aromatic ring is 1. The van der Waals surface area contributed by atoms with E-state index in [1.165, 1.54) is 22.2 Å². The molecule has 0 atom stereocenters. The lowest BCUT2D eigenvalue weighted by Crippen LogP contribution is -1.96. The smallest absolute Gasteiger partial charge is 0.125 e. The van der Waals surface area contributed by atoms with Crippen LogP contribution in [0.15, 0.2) is 47.8 Å². The van der Waals surface area contributed by atoms with E-state index in [0.717, 1.165) is 5.69 Å². The average Bonchev–Trinajstić information content (AvgIpc) is 2.80. The number of hydrogen-bond acceptors (Lipinski definition) is 3. The van der Waals surface area contributed by atoms with Crippen LogP contribution in [0.4, 0.5) is 21.5 Å². The van der Waals surface area contributed by atoms with E-state index in [9.17, 15) is 4.39 Å². The van der Waals surface area contributed by atoms with Gasteiger partial charge >= 0.3 is 0 Å². The first-order valence-corrected chi connectivity index (χ1v) is 6.40. The van der Waals surface area contributed by atoms with Crippen molar-refractivity contribution in [3.05, 3.63) is 53.7 Å². The van der Waals surface area contributed by atoms with Crippen molar-refractivity contribution in [3.63, 3.8) is 0 Å². The summed E-state index contributed by atoms with van der Waals surface area (Å²) in [6.07, 6.45) is 0. The summed E-state index contributed by atoms with van der Waals surface area (Å²) in [5.41, 5.74) is 7.82. The van der Waals surface area contributed by atoms with Gasteiger partial charge in [-0.2, -0.15) is 0 Å². The molecule has 2 aromatic carbocycles. The summed E-state index contributed by atoms with van der Waals surface area (Å²) in [6, 6.07) is 12.5. The summed E-state index contributed by atoms with van der Waals surface area (Å²) in [5.74, 6) is -0.327. The minimum absolute atomic E-state index is 0.327. The van der Waals surface area contributed by atoms with Gasteiger partial charge in [-0.05, 0) is 53.2 Å². The third kappa shape index (κ3) is 2.02. The van der Waals surface area contributed by atoms with Gasteiger partial charge in [0.15, 0.2) is 0 Å². The van der Waals surface area contributed by atoms with Crippen LogP contribution in [0.5, 0.6) is 0 Å². The van der Waals surface area contributed by atoms with Gasteiger partial charge in [-0.15, -0.1) is 11.3 Å². The Morgan fingerprint density at radius 1 is 1.06 bits per heavy atom. The number of benzene rings is 2. The SMILES string of the molecule is Nc1cc(F)ccc1Nc1ccc2sccc2c1. The first-order valence-electron chi connectivity index (χ1n) is 5.52. The fourth-order valence-corrected chi connectivity index (χ4v) is 2.62. The van der Waals surface area contributed by atoms with Crippen LogP contribution in [0, 0.1) is 5.82 Å². The molecule has 18 heavy (non-hydrogen) atoms. The van der Waals surface area contributed by atoms with E-state index in [-0.39, 0.29) is 5.82 Å². The van der Waals surface area contributed by atoms with Crippen LogP contribution in [-0.2, 0) is 0 Å². The van der Waals surface area contributed by atoms with Gasteiger partial charge in [0.05, 0.1) is 11.4 Å². The van der Waals surface area contributed by atoms with E-state index in [2.05, 4.69) is 28.9 Å². The molecular weight excluding hydrogens is 247 g/mol. The first-order chi connectivity index (χ1) is 8.72. The topological polar surface area (TPSA) is 38.0 Å². The van der Waals surface area contributed by atoms with E-state index in [1.807, 2.05) is 6.07 Å². The molecule has 0 bridgehead atoms. The number of hydrogen-bond donors (Lipinski definition) is 2. The second-order valence-electron chi connectivity index (χ2n) is 4.03. The largest absolute Gasteiger partial charge is 0.397 e. The highest BCUT2D eigenvalue weighted by Gasteiger charge is 2.02. The van der Waals surface area contributed by atoms with E-state index < -0.39 is 0 Å². The van der Waals surface area contributed by atoms with Crippen molar-refractivity contribution in [2.24, 2.45) is 0 Å². The molecule has 0 amide bonds. The van der Waals surface area contributed by atoms with Crippen LogP contribution in [0.3, 0.4) is 0 Å². The van der Waals surface area contributed by atoms with Crippen LogP contribution in [0.1, 0.15) is 0 Å². The Labute approximate surface area is 108 Å². The molecule has 3 aromatic rings. The summed E-state index contributed by atoms with van der Waals surface area (Å²) in [4.78, 5) is 0. The van der Waals surface area contributed by atoms with Crippen molar-refractivity contribution in [2.75, 3.05) is 11.1 Å². The Bertz CT molecular complexity index is 706. The molecule has 0 aliphatic rings. The third-order valence-electron chi connectivity index (χ3n) is 2.75. The summed E-state index contributed by atoms with van der Waals surface area (Å²) in [7, 11) is 0. The molecule has 3 rings (SSSR count). The van der Waals surface area contributed by atoms with Crippen molar-refractivity contribution in [1.29, 1.82) is 0 Å². The zero-order chi connectivity index (χ0) is 12.5. The molecule has 1 heterocycles. The Morgan fingerprint density at radius 3 is 2.78 bits per heavy atom. The molecule has 3 N–H and O–H groups in total. The first kappa shape index (κ1) is 11.0.